The van der Waals surface area contributed by atoms with Crippen LogP contribution in [0.4, 0.5) is 4.39 Å². The van der Waals surface area contributed by atoms with Crippen molar-refractivity contribution in [3.05, 3.63) is 58.6 Å². The molecule has 2 rings (SSSR count). The van der Waals surface area contributed by atoms with E-state index in [2.05, 4.69) is 15.0 Å². The van der Waals surface area contributed by atoms with E-state index < -0.39 is 15.8 Å². The van der Waals surface area contributed by atoms with Gasteiger partial charge in [-0.15, -0.1) is 0 Å². The van der Waals surface area contributed by atoms with Crippen LogP contribution < -0.4 is 10.0 Å². The van der Waals surface area contributed by atoms with Crippen LogP contribution >= 0.6 is 11.6 Å². The fourth-order valence-corrected chi connectivity index (χ4v) is 3.33. The zero-order chi connectivity index (χ0) is 19.2. The molecule has 2 N–H and O–H groups in total. The van der Waals surface area contributed by atoms with Gasteiger partial charge in [0.1, 0.15) is 11.5 Å². The summed E-state index contributed by atoms with van der Waals surface area (Å²) in [6.45, 7) is 2.58. The largest absolute Gasteiger partial charge is 0.351 e. The van der Waals surface area contributed by atoms with Crippen molar-refractivity contribution in [2.75, 3.05) is 6.54 Å². The van der Waals surface area contributed by atoms with Gasteiger partial charge in [-0.3, -0.25) is 9.78 Å². The van der Waals surface area contributed by atoms with Crippen LogP contribution in [0.5, 0.6) is 0 Å². The van der Waals surface area contributed by atoms with Crippen LogP contribution in [0.2, 0.25) is 5.02 Å². The maximum Gasteiger partial charge on any atom is 0.269 e. The van der Waals surface area contributed by atoms with Gasteiger partial charge in [0, 0.05) is 19.3 Å². The number of hydrogen-bond donors (Lipinski definition) is 2. The van der Waals surface area contributed by atoms with Gasteiger partial charge in [0.05, 0.1) is 9.92 Å². The van der Waals surface area contributed by atoms with Crippen LogP contribution in [0.15, 0.2) is 41.4 Å². The fourth-order valence-electron chi connectivity index (χ4n) is 2.04. The lowest BCUT2D eigenvalue weighted by atomic mass is 10.2. The standard InChI is InChI=1S/C17H19ClFN3O3S/c1-2-3-8-20-17(23)16-7-4-12(10-21-16)11-22-26(24,25)13-5-6-15(19)14(18)9-13/h4-7,9-10,22H,2-3,8,11H2,1H3,(H,20,23). The van der Waals surface area contributed by atoms with Crippen molar-refractivity contribution in [3.8, 4) is 0 Å². The Kier molecular flexibility index (Phi) is 7.07. The lowest BCUT2D eigenvalue weighted by Crippen LogP contribution is -2.26. The van der Waals surface area contributed by atoms with E-state index in [0.29, 0.717) is 12.1 Å². The van der Waals surface area contributed by atoms with Gasteiger partial charge in [0.2, 0.25) is 10.0 Å². The molecule has 0 saturated carbocycles. The Morgan fingerprint density at radius 3 is 2.65 bits per heavy atom. The van der Waals surface area contributed by atoms with Gasteiger partial charge >= 0.3 is 0 Å². The molecule has 0 aliphatic heterocycles. The topological polar surface area (TPSA) is 88.2 Å². The van der Waals surface area contributed by atoms with Crippen molar-refractivity contribution in [2.24, 2.45) is 0 Å². The minimum atomic E-state index is -3.85. The third-order valence-electron chi connectivity index (χ3n) is 3.54. The van der Waals surface area contributed by atoms with E-state index in [1.807, 2.05) is 6.92 Å². The predicted octanol–water partition coefficient (Wildman–Crippen LogP) is 2.88. The number of nitrogens with zero attached hydrogens (tertiary/aromatic N) is 1. The van der Waals surface area contributed by atoms with Gasteiger partial charge in [-0.2, -0.15) is 0 Å². The maximum atomic E-state index is 13.2. The van der Waals surface area contributed by atoms with Crippen molar-refractivity contribution in [3.63, 3.8) is 0 Å². The number of sulfonamides is 1. The van der Waals surface area contributed by atoms with Gasteiger partial charge in [-0.1, -0.05) is 31.0 Å². The van der Waals surface area contributed by atoms with Crippen LogP contribution in [-0.4, -0.2) is 25.9 Å². The summed E-state index contributed by atoms with van der Waals surface area (Å²) in [5.41, 5.74) is 0.838. The summed E-state index contributed by atoms with van der Waals surface area (Å²) in [5, 5.41) is 2.48. The van der Waals surface area contributed by atoms with E-state index in [4.69, 9.17) is 11.6 Å². The van der Waals surface area contributed by atoms with Crippen LogP contribution in [0.25, 0.3) is 0 Å². The average Bonchev–Trinajstić information content (AvgIpc) is 2.63. The molecular formula is C17H19ClFN3O3S. The van der Waals surface area contributed by atoms with E-state index >= 15 is 0 Å². The first-order valence-corrected chi connectivity index (χ1v) is 9.87. The quantitative estimate of drug-likeness (QED) is 0.668. The SMILES string of the molecule is CCCCNC(=O)c1ccc(CNS(=O)(=O)c2ccc(F)c(Cl)c2)cn1. The number of carbonyl (C=O) groups is 1. The zero-order valence-electron chi connectivity index (χ0n) is 14.1. The number of pyridine rings is 1. The van der Waals surface area contributed by atoms with E-state index in [1.165, 1.54) is 12.3 Å². The molecule has 0 radical (unpaired) electrons. The van der Waals surface area contributed by atoms with E-state index in [-0.39, 0.29) is 28.1 Å². The molecule has 1 amide bonds. The number of carbonyl (C=O) groups excluding carboxylic acids is 1. The van der Waals surface area contributed by atoms with Crippen molar-refractivity contribution in [1.29, 1.82) is 0 Å². The molecule has 1 aromatic heterocycles. The minimum Gasteiger partial charge on any atom is -0.351 e. The monoisotopic (exact) mass is 399 g/mol. The second-order valence-electron chi connectivity index (χ2n) is 5.56. The molecule has 0 aliphatic rings. The van der Waals surface area contributed by atoms with Crippen molar-refractivity contribution < 1.29 is 17.6 Å². The summed E-state index contributed by atoms with van der Waals surface area (Å²) in [5.74, 6) is -0.964. The summed E-state index contributed by atoms with van der Waals surface area (Å²) in [4.78, 5) is 15.8. The lowest BCUT2D eigenvalue weighted by molar-refractivity contribution is 0.0948. The first-order chi connectivity index (χ1) is 12.3. The molecule has 0 aliphatic carbocycles. The highest BCUT2D eigenvalue weighted by Gasteiger charge is 2.16. The molecule has 140 valence electrons. The molecule has 0 bridgehead atoms. The lowest BCUT2D eigenvalue weighted by Gasteiger charge is -2.08. The van der Waals surface area contributed by atoms with E-state index in [9.17, 15) is 17.6 Å². The molecule has 0 fully saturated rings. The predicted molar refractivity (Wildman–Crippen MR) is 96.9 cm³/mol. The van der Waals surface area contributed by atoms with E-state index in [0.717, 1.165) is 31.0 Å². The molecule has 6 nitrogen and oxygen atoms in total. The molecule has 0 saturated heterocycles. The van der Waals surface area contributed by atoms with Gasteiger partial charge < -0.3 is 5.32 Å². The Morgan fingerprint density at radius 1 is 1.27 bits per heavy atom. The number of hydrogen-bond acceptors (Lipinski definition) is 4. The number of unbranched alkanes of at least 4 members (excludes halogenated alkanes) is 1. The maximum absolute atomic E-state index is 13.2. The molecule has 0 spiro atoms. The highest BCUT2D eigenvalue weighted by Crippen LogP contribution is 2.19. The highest BCUT2D eigenvalue weighted by molar-refractivity contribution is 7.89. The molecular weight excluding hydrogens is 381 g/mol. The van der Waals surface area contributed by atoms with Crippen LogP contribution in [0.1, 0.15) is 35.8 Å². The van der Waals surface area contributed by atoms with Crippen molar-refractivity contribution in [1.82, 2.24) is 15.0 Å². The van der Waals surface area contributed by atoms with Crippen molar-refractivity contribution >= 4 is 27.5 Å². The summed E-state index contributed by atoms with van der Waals surface area (Å²) >= 11 is 5.61. The van der Waals surface area contributed by atoms with Crippen LogP contribution in [-0.2, 0) is 16.6 Å². The Hall–Kier alpha value is -2.03. The molecule has 9 heteroatoms. The zero-order valence-corrected chi connectivity index (χ0v) is 15.7. The fraction of sp³-hybridized carbons (Fsp3) is 0.294. The normalized spacial score (nSPS) is 11.3. The summed E-state index contributed by atoms with van der Waals surface area (Å²) in [6.07, 6.45) is 3.29. The number of benzene rings is 1. The molecule has 0 unspecified atom stereocenters. The van der Waals surface area contributed by atoms with Crippen molar-refractivity contribution in [2.45, 2.75) is 31.2 Å². The smallest absolute Gasteiger partial charge is 0.269 e. The number of aromatic nitrogens is 1. The molecule has 2 aromatic rings. The van der Waals surface area contributed by atoms with Crippen LogP contribution in [0.3, 0.4) is 0 Å². The third-order valence-corrected chi connectivity index (χ3v) is 5.23. The molecule has 0 atom stereocenters. The molecule has 1 aromatic carbocycles. The first kappa shape index (κ1) is 20.3. The minimum absolute atomic E-state index is 0.0257. The summed E-state index contributed by atoms with van der Waals surface area (Å²) in [6, 6.07) is 6.30. The highest BCUT2D eigenvalue weighted by atomic mass is 35.5. The van der Waals surface area contributed by atoms with E-state index in [1.54, 1.807) is 6.07 Å². The summed E-state index contributed by atoms with van der Waals surface area (Å²) < 4.78 is 40.0. The van der Waals surface area contributed by atoms with Gasteiger partial charge in [0.25, 0.3) is 5.91 Å². The van der Waals surface area contributed by atoms with Gasteiger partial charge in [-0.25, -0.2) is 17.5 Å². The second kappa shape index (κ2) is 9.07. The number of amides is 1. The van der Waals surface area contributed by atoms with Crippen LogP contribution in [0, 0.1) is 5.82 Å². The number of rotatable bonds is 8. The average molecular weight is 400 g/mol. The van der Waals surface area contributed by atoms with Gasteiger partial charge in [0.15, 0.2) is 0 Å². The Balaban J connectivity index is 1.98. The third kappa shape index (κ3) is 5.48. The Bertz CT molecular complexity index is 873. The Morgan fingerprint density at radius 2 is 2.04 bits per heavy atom. The molecule has 26 heavy (non-hydrogen) atoms. The van der Waals surface area contributed by atoms with Gasteiger partial charge in [-0.05, 0) is 36.2 Å². The summed E-state index contributed by atoms with van der Waals surface area (Å²) in [7, 11) is -3.85. The Labute approximate surface area is 156 Å². The second-order valence-corrected chi connectivity index (χ2v) is 7.74. The number of nitrogens with one attached hydrogen (secondary N) is 2. The first-order valence-electron chi connectivity index (χ1n) is 8.01. The molecule has 1 heterocycles. The number of halogens is 2.